The predicted molar refractivity (Wildman–Crippen MR) is 76.0 cm³/mol. The summed E-state index contributed by atoms with van der Waals surface area (Å²) in [7, 11) is 0. The molecular formula is C15H26N2O3. The van der Waals surface area contributed by atoms with Gasteiger partial charge in [-0.05, 0) is 25.7 Å². The molecule has 2 amide bonds. The Morgan fingerprint density at radius 3 is 2.60 bits per heavy atom. The molecule has 2 unspecified atom stereocenters. The summed E-state index contributed by atoms with van der Waals surface area (Å²) in [6, 6.07) is -0.0299. The number of hydrogen-bond acceptors (Lipinski definition) is 3. The zero-order chi connectivity index (χ0) is 14.5. The lowest BCUT2D eigenvalue weighted by Gasteiger charge is -2.36. The van der Waals surface area contributed by atoms with Crippen LogP contribution in [0.1, 0.15) is 45.4 Å². The molecule has 0 spiro atoms. The molecule has 0 aliphatic carbocycles. The summed E-state index contributed by atoms with van der Waals surface area (Å²) in [5.41, 5.74) is 0. The normalized spacial score (nSPS) is 28.1. The molecule has 2 fully saturated rings. The molecule has 0 bridgehead atoms. The highest BCUT2D eigenvalue weighted by Crippen LogP contribution is 2.23. The van der Waals surface area contributed by atoms with E-state index in [0.717, 1.165) is 51.6 Å². The molecular weight excluding hydrogens is 256 g/mol. The number of carbonyl (C=O) groups is 2. The molecule has 2 aliphatic heterocycles. The van der Waals surface area contributed by atoms with Crippen LogP contribution in [0, 0.1) is 5.92 Å². The van der Waals surface area contributed by atoms with E-state index in [9.17, 15) is 14.7 Å². The molecule has 5 heteroatoms. The van der Waals surface area contributed by atoms with E-state index in [2.05, 4.69) is 0 Å². The van der Waals surface area contributed by atoms with Crippen molar-refractivity contribution < 1.29 is 14.7 Å². The SMILES string of the molecule is CC(=O)N1CCCC(C(=O)N2CCCCCC2CO)C1. The summed E-state index contributed by atoms with van der Waals surface area (Å²) in [5, 5.41) is 9.52. The minimum absolute atomic E-state index is 0.0299. The maximum atomic E-state index is 12.7. The number of piperidine rings is 1. The van der Waals surface area contributed by atoms with E-state index in [1.807, 2.05) is 4.90 Å². The fourth-order valence-corrected chi connectivity index (χ4v) is 3.36. The maximum Gasteiger partial charge on any atom is 0.227 e. The summed E-state index contributed by atoms with van der Waals surface area (Å²) < 4.78 is 0. The van der Waals surface area contributed by atoms with Crippen LogP contribution >= 0.6 is 0 Å². The Bertz CT molecular complexity index is 359. The Balaban J connectivity index is 2.02. The van der Waals surface area contributed by atoms with E-state index < -0.39 is 0 Å². The largest absolute Gasteiger partial charge is 0.394 e. The molecule has 20 heavy (non-hydrogen) atoms. The third kappa shape index (κ3) is 3.51. The van der Waals surface area contributed by atoms with Crippen molar-refractivity contribution in [3.8, 4) is 0 Å². The third-order valence-corrected chi connectivity index (χ3v) is 4.59. The van der Waals surface area contributed by atoms with E-state index in [0.29, 0.717) is 6.54 Å². The predicted octanol–water partition coefficient (Wildman–Crippen LogP) is 1.01. The van der Waals surface area contributed by atoms with E-state index in [1.165, 1.54) is 0 Å². The number of nitrogens with zero attached hydrogens (tertiary/aromatic N) is 2. The monoisotopic (exact) mass is 282 g/mol. The van der Waals surface area contributed by atoms with E-state index in [4.69, 9.17) is 0 Å². The summed E-state index contributed by atoms with van der Waals surface area (Å²) in [6.45, 7) is 3.68. The van der Waals surface area contributed by atoms with Crippen molar-refractivity contribution in [3.05, 3.63) is 0 Å². The van der Waals surface area contributed by atoms with Gasteiger partial charge in [0.05, 0.1) is 18.6 Å². The maximum absolute atomic E-state index is 12.7. The first-order chi connectivity index (χ1) is 9.63. The summed E-state index contributed by atoms with van der Waals surface area (Å²) in [6.07, 6.45) is 5.88. The first kappa shape index (κ1) is 15.3. The van der Waals surface area contributed by atoms with Gasteiger partial charge in [0.25, 0.3) is 0 Å². The van der Waals surface area contributed by atoms with Crippen molar-refractivity contribution in [2.45, 2.75) is 51.5 Å². The molecule has 1 N–H and O–H groups in total. The molecule has 0 aromatic carbocycles. The average molecular weight is 282 g/mol. The molecule has 114 valence electrons. The minimum atomic E-state index is -0.0835. The molecule has 0 saturated carbocycles. The van der Waals surface area contributed by atoms with E-state index >= 15 is 0 Å². The van der Waals surface area contributed by atoms with Crippen molar-refractivity contribution in [2.24, 2.45) is 5.92 Å². The molecule has 2 atom stereocenters. The Labute approximate surface area is 120 Å². The zero-order valence-corrected chi connectivity index (χ0v) is 12.4. The van der Waals surface area contributed by atoms with Gasteiger partial charge in [0.15, 0.2) is 0 Å². The van der Waals surface area contributed by atoms with E-state index in [-0.39, 0.29) is 30.4 Å². The Hall–Kier alpha value is -1.10. The lowest BCUT2D eigenvalue weighted by molar-refractivity contribution is -0.142. The molecule has 2 heterocycles. The lowest BCUT2D eigenvalue weighted by Crippen LogP contribution is -2.50. The fraction of sp³-hybridized carbons (Fsp3) is 0.867. The zero-order valence-electron chi connectivity index (χ0n) is 12.4. The van der Waals surface area contributed by atoms with Crippen molar-refractivity contribution in [2.75, 3.05) is 26.2 Å². The summed E-state index contributed by atoms with van der Waals surface area (Å²) in [4.78, 5) is 27.9. The second-order valence-electron chi connectivity index (χ2n) is 6.02. The molecule has 2 saturated heterocycles. The van der Waals surface area contributed by atoms with Crippen LogP contribution < -0.4 is 0 Å². The average Bonchev–Trinajstić information content (AvgIpc) is 2.71. The van der Waals surface area contributed by atoms with Gasteiger partial charge in [0, 0.05) is 26.6 Å². The number of hydrogen-bond donors (Lipinski definition) is 1. The highest BCUT2D eigenvalue weighted by Gasteiger charge is 2.33. The lowest BCUT2D eigenvalue weighted by atomic mass is 9.95. The van der Waals surface area contributed by atoms with Crippen molar-refractivity contribution in [3.63, 3.8) is 0 Å². The number of amides is 2. The first-order valence-corrected chi connectivity index (χ1v) is 7.80. The van der Waals surface area contributed by atoms with Crippen LogP contribution in [0.2, 0.25) is 0 Å². The summed E-state index contributed by atoms with van der Waals surface area (Å²) >= 11 is 0. The van der Waals surface area contributed by atoms with Gasteiger partial charge in [-0.1, -0.05) is 12.8 Å². The smallest absolute Gasteiger partial charge is 0.227 e. The fourth-order valence-electron chi connectivity index (χ4n) is 3.36. The second-order valence-corrected chi connectivity index (χ2v) is 6.02. The number of likely N-dealkylation sites (tertiary alicyclic amines) is 2. The van der Waals surface area contributed by atoms with Crippen LogP contribution in [0.4, 0.5) is 0 Å². The van der Waals surface area contributed by atoms with Gasteiger partial charge in [-0.2, -0.15) is 0 Å². The van der Waals surface area contributed by atoms with Crippen LogP contribution in [-0.4, -0.2) is 59.0 Å². The molecule has 0 radical (unpaired) electrons. The number of aliphatic hydroxyl groups excluding tert-OH is 1. The standard InChI is InChI=1S/C15H26N2O3/c1-12(19)16-8-5-6-13(10-16)15(20)17-9-4-2-3-7-14(17)11-18/h13-14,18H,2-11H2,1H3. The van der Waals surface area contributed by atoms with Gasteiger partial charge in [-0.3, -0.25) is 9.59 Å². The third-order valence-electron chi connectivity index (χ3n) is 4.59. The Morgan fingerprint density at radius 1 is 1.10 bits per heavy atom. The molecule has 0 aromatic rings. The molecule has 2 rings (SSSR count). The van der Waals surface area contributed by atoms with E-state index in [1.54, 1.807) is 11.8 Å². The molecule has 5 nitrogen and oxygen atoms in total. The topological polar surface area (TPSA) is 60.9 Å². The van der Waals surface area contributed by atoms with Crippen molar-refractivity contribution in [1.29, 1.82) is 0 Å². The number of rotatable bonds is 2. The Morgan fingerprint density at radius 2 is 1.90 bits per heavy atom. The highest BCUT2D eigenvalue weighted by molar-refractivity contribution is 5.81. The second kappa shape index (κ2) is 7.07. The molecule has 2 aliphatic rings. The Kier molecular flexibility index (Phi) is 5.40. The number of aliphatic hydroxyl groups is 1. The van der Waals surface area contributed by atoms with Crippen molar-refractivity contribution in [1.82, 2.24) is 9.80 Å². The number of carbonyl (C=O) groups excluding carboxylic acids is 2. The van der Waals surface area contributed by atoms with Gasteiger partial charge in [0.2, 0.25) is 11.8 Å². The van der Waals surface area contributed by atoms with Crippen LogP contribution in [-0.2, 0) is 9.59 Å². The van der Waals surface area contributed by atoms with Crippen LogP contribution in [0.25, 0.3) is 0 Å². The quantitative estimate of drug-likeness (QED) is 0.822. The van der Waals surface area contributed by atoms with Crippen LogP contribution in [0.3, 0.4) is 0 Å². The van der Waals surface area contributed by atoms with Gasteiger partial charge < -0.3 is 14.9 Å². The van der Waals surface area contributed by atoms with Gasteiger partial charge in [-0.25, -0.2) is 0 Å². The van der Waals surface area contributed by atoms with Gasteiger partial charge >= 0.3 is 0 Å². The summed E-state index contributed by atoms with van der Waals surface area (Å²) in [5.74, 6) is 0.105. The molecule has 0 aromatic heterocycles. The van der Waals surface area contributed by atoms with Crippen LogP contribution in [0.5, 0.6) is 0 Å². The first-order valence-electron chi connectivity index (χ1n) is 7.80. The highest BCUT2D eigenvalue weighted by atomic mass is 16.3. The van der Waals surface area contributed by atoms with Gasteiger partial charge in [0.1, 0.15) is 0 Å². The van der Waals surface area contributed by atoms with Crippen LogP contribution in [0.15, 0.2) is 0 Å². The van der Waals surface area contributed by atoms with Gasteiger partial charge in [-0.15, -0.1) is 0 Å². The van der Waals surface area contributed by atoms with Crippen molar-refractivity contribution >= 4 is 11.8 Å². The minimum Gasteiger partial charge on any atom is -0.394 e.